The van der Waals surface area contributed by atoms with Crippen molar-refractivity contribution in [2.45, 2.75) is 18.5 Å². The van der Waals surface area contributed by atoms with Crippen LogP contribution in [0.4, 0.5) is 4.39 Å². The third-order valence-electron chi connectivity index (χ3n) is 2.96. The molecule has 0 saturated heterocycles. The molecule has 0 atom stereocenters. The summed E-state index contributed by atoms with van der Waals surface area (Å²) in [6.45, 7) is 0. The number of furan rings is 1. The van der Waals surface area contributed by atoms with Crippen LogP contribution < -0.4 is 0 Å². The number of nitrogens with zero attached hydrogens (tertiary/aromatic N) is 1. The minimum atomic E-state index is -1.35. The second-order valence-corrected chi connectivity index (χ2v) is 4.17. The fourth-order valence-electron chi connectivity index (χ4n) is 1.79. The average molecular weight is 235 g/mol. The van der Waals surface area contributed by atoms with E-state index >= 15 is 0 Å². The van der Waals surface area contributed by atoms with E-state index in [0.717, 1.165) is 0 Å². The second-order valence-electron chi connectivity index (χ2n) is 4.17. The molecular weight excluding hydrogens is 225 g/mol. The highest BCUT2D eigenvalue weighted by Gasteiger charge is 2.48. The van der Waals surface area contributed by atoms with Crippen LogP contribution in [0.15, 0.2) is 22.9 Å². The lowest BCUT2D eigenvalue weighted by atomic mass is 10.2. The van der Waals surface area contributed by atoms with E-state index in [2.05, 4.69) is 9.72 Å². The molecule has 0 aliphatic heterocycles. The highest BCUT2D eigenvalue weighted by atomic mass is 19.1. The third kappa shape index (κ3) is 1.50. The number of rotatable bonds is 2. The number of pyridine rings is 1. The van der Waals surface area contributed by atoms with Gasteiger partial charge in [0.2, 0.25) is 0 Å². The van der Waals surface area contributed by atoms with Crippen LogP contribution in [0.3, 0.4) is 0 Å². The van der Waals surface area contributed by atoms with E-state index in [1.807, 2.05) is 0 Å². The predicted octanol–water partition coefficient (Wildman–Crippen LogP) is 2.57. The smallest absolute Gasteiger partial charge is 0.343 e. The molecule has 88 valence electrons. The maximum atomic E-state index is 13.9. The fraction of sp³-hybridized carbons (Fsp3) is 0.333. The SMILES string of the molecule is COC(=O)c1cncc2cc(C3(F)CC3)oc12. The molecule has 0 radical (unpaired) electrons. The summed E-state index contributed by atoms with van der Waals surface area (Å²) in [6, 6.07) is 1.60. The van der Waals surface area contributed by atoms with E-state index in [1.54, 1.807) is 12.3 Å². The first-order chi connectivity index (χ1) is 8.14. The summed E-state index contributed by atoms with van der Waals surface area (Å²) >= 11 is 0. The molecule has 0 amide bonds. The maximum Gasteiger partial charge on any atom is 0.343 e. The molecule has 2 heterocycles. The van der Waals surface area contributed by atoms with E-state index in [1.165, 1.54) is 13.3 Å². The summed E-state index contributed by atoms with van der Waals surface area (Å²) in [6.07, 6.45) is 3.83. The van der Waals surface area contributed by atoms with Gasteiger partial charge < -0.3 is 9.15 Å². The zero-order valence-electron chi connectivity index (χ0n) is 9.20. The van der Waals surface area contributed by atoms with Crippen LogP contribution in [0.25, 0.3) is 11.0 Å². The van der Waals surface area contributed by atoms with E-state index in [4.69, 9.17) is 4.42 Å². The third-order valence-corrected chi connectivity index (χ3v) is 2.96. The van der Waals surface area contributed by atoms with Crippen LogP contribution in [-0.2, 0) is 10.4 Å². The van der Waals surface area contributed by atoms with Gasteiger partial charge in [0, 0.05) is 17.8 Å². The Kier molecular flexibility index (Phi) is 1.98. The Morgan fingerprint density at radius 3 is 2.94 bits per heavy atom. The molecule has 0 bridgehead atoms. The molecule has 1 saturated carbocycles. The fourth-order valence-corrected chi connectivity index (χ4v) is 1.79. The summed E-state index contributed by atoms with van der Waals surface area (Å²) in [5, 5.41) is 0.617. The van der Waals surface area contributed by atoms with E-state index in [0.29, 0.717) is 23.8 Å². The van der Waals surface area contributed by atoms with Gasteiger partial charge in [-0.1, -0.05) is 0 Å². The standard InChI is InChI=1S/C12H10FNO3/c1-16-11(15)8-6-14-5-7-4-9(17-10(7)8)12(13)2-3-12/h4-6H,2-3H2,1H3. The van der Waals surface area contributed by atoms with Crippen LogP contribution >= 0.6 is 0 Å². The van der Waals surface area contributed by atoms with Crippen LogP contribution in [-0.4, -0.2) is 18.1 Å². The molecule has 2 aromatic heterocycles. The number of aromatic nitrogens is 1. The monoisotopic (exact) mass is 235 g/mol. The van der Waals surface area contributed by atoms with Gasteiger partial charge in [0.05, 0.1) is 7.11 Å². The molecule has 0 spiro atoms. The first-order valence-corrected chi connectivity index (χ1v) is 5.29. The number of hydrogen-bond acceptors (Lipinski definition) is 4. The Hall–Kier alpha value is -1.91. The van der Waals surface area contributed by atoms with Crippen molar-refractivity contribution in [1.29, 1.82) is 0 Å². The van der Waals surface area contributed by atoms with Gasteiger partial charge in [-0.3, -0.25) is 4.98 Å². The summed E-state index contributed by atoms with van der Waals surface area (Å²) < 4.78 is 23.9. The minimum Gasteiger partial charge on any atom is -0.465 e. The van der Waals surface area contributed by atoms with Gasteiger partial charge in [0.15, 0.2) is 11.3 Å². The van der Waals surface area contributed by atoms with Gasteiger partial charge in [-0.15, -0.1) is 0 Å². The highest BCUT2D eigenvalue weighted by molar-refractivity contribution is 6.01. The Balaban J connectivity index is 2.18. The Bertz CT molecular complexity index is 601. The number of ether oxygens (including phenoxy) is 1. The lowest BCUT2D eigenvalue weighted by Crippen LogP contribution is -2.01. The number of fused-ring (bicyclic) bond motifs is 1. The number of methoxy groups -OCH3 is 1. The van der Waals surface area contributed by atoms with Crippen molar-refractivity contribution in [2.75, 3.05) is 7.11 Å². The van der Waals surface area contributed by atoms with Gasteiger partial charge in [-0.05, 0) is 18.9 Å². The van der Waals surface area contributed by atoms with Crippen LogP contribution in [0.2, 0.25) is 0 Å². The number of esters is 1. The number of halogens is 1. The zero-order valence-corrected chi connectivity index (χ0v) is 9.20. The van der Waals surface area contributed by atoms with Crippen molar-refractivity contribution in [2.24, 2.45) is 0 Å². The minimum absolute atomic E-state index is 0.223. The van der Waals surface area contributed by atoms with Crippen molar-refractivity contribution in [3.8, 4) is 0 Å². The highest BCUT2D eigenvalue weighted by Crippen LogP contribution is 2.50. The van der Waals surface area contributed by atoms with Crippen LogP contribution in [0, 0.1) is 0 Å². The molecule has 1 aliphatic rings. The molecule has 5 heteroatoms. The number of carbonyl (C=O) groups is 1. The summed E-state index contributed by atoms with van der Waals surface area (Å²) in [7, 11) is 1.28. The molecule has 0 unspecified atom stereocenters. The quantitative estimate of drug-likeness (QED) is 0.750. The van der Waals surface area contributed by atoms with E-state index in [-0.39, 0.29) is 11.3 Å². The predicted molar refractivity (Wildman–Crippen MR) is 57.4 cm³/mol. The van der Waals surface area contributed by atoms with E-state index < -0.39 is 11.6 Å². The number of hydrogen-bond donors (Lipinski definition) is 0. The molecule has 17 heavy (non-hydrogen) atoms. The maximum absolute atomic E-state index is 13.9. The topological polar surface area (TPSA) is 52.3 Å². The Morgan fingerprint density at radius 1 is 1.53 bits per heavy atom. The Labute approximate surface area is 96.4 Å². The number of alkyl halides is 1. The molecule has 3 rings (SSSR count). The average Bonchev–Trinajstić information content (AvgIpc) is 2.94. The zero-order chi connectivity index (χ0) is 12.0. The van der Waals surface area contributed by atoms with E-state index in [9.17, 15) is 9.18 Å². The van der Waals surface area contributed by atoms with Gasteiger partial charge in [-0.2, -0.15) is 0 Å². The largest absolute Gasteiger partial charge is 0.465 e. The van der Waals surface area contributed by atoms with Crippen molar-refractivity contribution in [3.05, 3.63) is 29.8 Å². The first-order valence-electron chi connectivity index (χ1n) is 5.29. The van der Waals surface area contributed by atoms with Crippen molar-refractivity contribution < 1.29 is 18.3 Å². The van der Waals surface area contributed by atoms with Gasteiger partial charge in [-0.25, -0.2) is 9.18 Å². The molecule has 0 aromatic carbocycles. The first kappa shape index (κ1) is 10.3. The lowest BCUT2D eigenvalue weighted by Gasteiger charge is -1.99. The molecule has 1 fully saturated rings. The summed E-state index contributed by atoms with van der Waals surface area (Å²) in [5.74, 6) is -0.265. The normalized spacial score (nSPS) is 17.1. The number of carbonyl (C=O) groups excluding carboxylic acids is 1. The summed E-state index contributed by atoms with van der Waals surface area (Å²) in [5.41, 5.74) is -0.793. The lowest BCUT2D eigenvalue weighted by molar-refractivity contribution is 0.0601. The molecule has 4 nitrogen and oxygen atoms in total. The molecule has 2 aromatic rings. The van der Waals surface area contributed by atoms with Gasteiger partial charge in [0.25, 0.3) is 0 Å². The van der Waals surface area contributed by atoms with Crippen molar-refractivity contribution in [1.82, 2.24) is 4.98 Å². The second kappa shape index (κ2) is 3.29. The van der Waals surface area contributed by atoms with Crippen LogP contribution in [0.1, 0.15) is 29.0 Å². The van der Waals surface area contributed by atoms with Gasteiger partial charge >= 0.3 is 5.97 Å². The molecular formula is C12H10FNO3. The van der Waals surface area contributed by atoms with Gasteiger partial charge in [0.1, 0.15) is 11.3 Å². The van der Waals surface area contributed by atoms with Crippen molar-refractivity contribution >= 4 is 16.9 Å². The Morgan fingerprint density at radius 2 is 2.29 bits per heavy atom. The van der Waals surface area contributed by atoms with Crippen LogP contribution in [0.5, 0.6) is 0 Å². The molecule has 0 N–H and O–H groups in total. The molecule has 1 aliphatic carbocycles. The summed E-state index contributed by atoms with van der Waals surface area (Å²) in [4.78, 5) is 15.4. The van der Waals surface area contributed by atoms with Crippen molar-refractivity contribution in [3.63, 3.8) is 0 Å².